The second kappa shape index (κ2) is 15.8. The number of hydrogen-bond acceptors (Lipinski definition) is 11. The zero-order valence-electron chi connectivity index (χ0n) is 29.9. The predicted octanol–water partition coefficient (Wildman–Crippen LogP) is 1.05. The van der Waals surface area contributed by atoms with Gasteiger partial charge in [-0.15, -0.1) is 0 Å². The summed E-state index contributed by atoms with van der Waals surface area (Å²) < 4.78 is 57.5. The van der Waals surface area contributed by atoms with Gasteiger partial charge in [0.05, 0.1) is 42.6 Å². The standard InChI is InChI=1S/C34H49F3N4O11/c1-19-6-7-21(14-22(19)34(35,36)37)28(46)38-16-24(44)26(45)27-25(39-20(2)42)23(43)15-33(51-27,29(47)48)9-11-41-12-13-50-18-32(41)8-10-40(17-32)30(49)52-31(3,4)5/h6-7,14,23-27,43-45H,8-13,15-18H2,1-5H3,(H,38,46)(H,39,42)(H,47,48)/t23-,24+,25+,26+,27+,32-,33+/m0/s1. The van der Waals surface area contributed by atoms with Gasteiger partial charge in [-0.05, 0) is 51.8 Å². The lowest BCUT2D eigenvalue weighted by molar-refractivity contribution is -0.231. The molecule has 0 saturated carbocycles. The lowest BCUT2D eigenvalue weighted by Gasteiger charge is -2.49. The van der Waals surface area contributed by atoms with Crippen LogP contribution in [0.15, 0.2) is 18.2 Å². The lowest BCUT2D eigenvalue weighted by atomic mass is 9.81. The van der Waals surface area contributed by atoms with E-state index in [1.165, 1.54) is 6.92 Å². The molecule has 1 spiro atoms. The van der Waals surface area contributed by atoms with Crippen LogP contribution in [0.4, 0.5) is 18.0 Å². The number of benzene rings is 1. The minimum Gasteiger partial charge on any atom is -0.479 e. The molecule has 0 aliphatic carbocycles. The summed E-state index contributed by atoms with van der Waals surface area (Å²) in [6.45, 7) is 8.66. The maximum atomic E-state index is 13.4. The summed E-state index contributed by atoms with van der Waals surface area (Å²) in [5, 5.41) is 48.6. The second-order valence-electron chi connectivity index (χ2n) is 14.8. The fourth-order valence-corrected chi connectivity index (χ4v) is 7.02. The number of aliphatic hydroxyl groups excluding tert-OH is 3. The molecule has 3 amide bonds. The number of aliphatic carboxylic acids is 1. The number of aryl methyl sites for hydroxylation is 1. The lowest BCUT2D eigenvalue weighted by Crippen LogP contribution is -2.68. The van der Waals surface area contributed by atoms with Crippen LogP contribution in [0, 0.1) is 6.92 Å². The summed E-state index contributed by atoms with van der Waals surface area (Å²) in [5.74, 6) is -3.12. The number of rotatable bonds is 10. The number of ether oxygens (including phenoxy) is 3. The highest BCUT2D eigenvalue weighted by molar-refractivity contribution is 5.94. The van der Waals surface area contributed by atoms with E-state index in [0.717, 1.165) is 19.1 Å². The van der Waals surface area contributed by atoms with Gasteiger partial charge >= 0.3 is 18.2 Å². The van der Waals surface area contributed by atoms with Crippen molar-refractivity contribution in [2.24, 2.45) is 0 Å². The molecule has 0 unspecified atom stereocenters. The van der Waals surface area contributed by atoms with Gasteiger partial charge in [-0.3, -0.25) is 14.5 Å². The summed E-state index contributed by atoms with van der Waals surface area (Å²) in [4.78, 5) is 54.2. The molecule has 292 valence electrons. The monoisotopic (exact) mass is 746 g/mol. The van der Waals surface area contributed by atoms with Crippen molar-refractivity contribution in [2.45, 2.75) is 107 Å². The molecule has 3 saturated heterocycles. The number of carboxylic acid groups (broad SMARTS) is 1. The van der Waals surface area contributed by atoms with E-state index in [1.807, 2.05) is 4.90 Å². The number of nitrogens with zero attached hydrogens (tertiary/aromatic N) is 2. The summed E-state index contributed by atoms with van der Waals surface area (Å²) in [7, 11) is 0. The average Bonchev–Trinajstić information content (AvgIpc) is 3.47. The van der Waals surface area contributed by atoms with Gasteiger partial charge in [-0.25, -0.2) is 9.59 Å². The molecule has 3 aliphatic rings. The molecule has 15 nitrogen and oxygen atoms in total. The molecule has 0 aromatic heterocycles. The minimum absolute atomic E-state index is 0.103. The molecule has 6 N–H and O–H groups in total. The van der Waals surface area contributed by atoms with Crippen LogP contribution < -0.4 is 10.6 Å². The van der Waals surface area contributed by atoms with Gasteiger partial charge in [0.25, 0.3) is 5.91 Å². The average molecular weight is 747 g/mol. The molecule has 0 bridgehead atoms. The van der Waals surface area contributed by atoms with Gasteiger partial charge in [0.2, 0.25) is 5.91 Å². The van der Waals surface area contributed by atoms with Crippen molar-refractivity contribution >= 4 is 23.9 Å². The largest absolute Gasteiger partial charge is 0.479 e. The van der Waals surface area contributed by atoms with Crippen LogP contribution in [0.3, 0.4) is 0 Å². The number of nitrogens with one attached hydrogen (secondary N) is 2. The van der Waals surface area contributed by atoms with Crippen LogP contribution in [0.2, 0.25) is 0 Å². The van der Waals surface area contributed by atoms with E-state index in [2.05, 4.69) is 10.6 Å². The third-order valence-corrected chi connectivity index (χ3v) is 9.75. The number of alkyl halides is 3. The van der Waals surface area contributed by atoms with Crippen molar-refractivity contribution in [3.05, 3.63) is 34.9 Å². The summed E-state index contributed by atoms with van der Waals surface area (Å²) in [6, 6.07) is 1.55. The van der Waals surface area contributed by atoms with Crippen LogP contribution in [-0.4, -0.2) is 147 Å². The number of carboxylic acids is 1. The molecular weight excluding hydrogens is 697 g/mol. The molecule has 3 aliphatic heterocycles. The maximum absolute atomic E-state index is 13.4. The summed E-state index contributed by atoms with van der Waals surface area (Å²) in [6.07, 6.45) is -12.6. The van der Waals surface area contributed by atoms with Gasteiger partial charge in [0, 0.05) is 58.1 Å². The quantitative estimate of drug-likeness (QED) is 0.199. The van der Waals surface area contributed by atoms with Gasteiger partial charge in [-0.1, -0.05) is 6.07 Å². The Hall–Kier alpha value is -3.55. The van der Waals surface area contributed by atoms with Gasteiger partial charge in [-0.2, -0.15) is 13.2 Å². The van der Waals surface area contributed by atoms with Crippen molar-refractivity contribution in [3.8, 4) is 0 Å². The molecule has 1 aromatic rings. The maximum Gasteiger partial charge on any atom is 0.416 e. The van der Waals surface area contributed by atoms with Crippen LogP contribution >= 0.6 is 0 Å². The Bertz CT molecular complexity index is 1490. The Labute approximate surface area is 299 Å². The Kier molecular flexibility index (Phi) is 12.5. The van der Waals surface area contributed by atoms with E-state index in [-0.39, 0.29) is 37.2 Å². The first-order valence-corrected chi connectivity index (χ1v) is 17.1. The number of amides is 3. The number of aliphatic hydroxyl groups is 3. The highest BCUT2D eigenvalue weighted by Gasteiger charge is 2.55. The second-order valence-corrected chi connectivity index (χ2v) is 14.8. The molecule has 3 heterocycles. The van der Waals surface area contributed by atoms with E-state index >= 15 is 0 Å². The molecule has 52 heavy (non-hydrogen) atoms. The smallest absolute Gasteiger partial charge is 0.416 e. The SMILES string of the molecule is CC(=O)N[C@H]1[C@H]([C@H](O)[C@H](O)CNC(=O)c2ccc(C)c(C(F)(F)F)c2)O[C@@](CCN2CCOC[C@@]23CCN(C(=O)OC(C)(C)C)C3)(C(=O)O)C[C@@H]1O. The van der Waals surface area contributed by atoms with Crippen molar-refractivity contribution in [1.29, 1.82) is 0 Å². The third-order valence-electron chi connectivity index (χ3n) is 9.75. The van der Waals surface area contributed by atoms with Crippen molar-refractivity contribution in [1.82, 2.24) is 20.4 Å². The Balaban J connectivity index is 1.50. The molecule has 7 atom stereocenters. The van der Waals surface area contributed by atoms with E-state index in [4.69, 9.17) is 14.2 Å². The summed E-state index contributed by atoms with van der Waals surface area (Å²) in [5.41, 5.74) is -4.98. The first kappa shape index (κ1) is 41.2. The molecule has 18 heteroatoms. The van der Waals surface area contributed by atoms with Crippen molar-refractivity contribution in [2.75, 3.05) is 45.9 Å². The van der Waals surface area contributed by atoms with E-state index in [1.54, 1.807) is 25.7 Å². The van der Waals surface area contributed by atoms with Crippen LogP contribution in [0.1, 0.15) is 68.4 Å². The van der Waals surface area contributed by atoms with Crippen LogP contribution in [0.5, 0.6) is 0 Å². The number of likely N-dealkylation sites (tertiary alicyclic amines) is 1. The number of carbonyl (C=O) groups is 4. The normalized spacial score (nSPS) is 28.3. The number of hydrogen-bond donors (Lipinski definition) is 6. The molecule has 0 radical (unpaired) electrons. The fraction of sp³-hybridized carbons (Fsp3) is 0.706. The Morgan fingerprint density at radius 3 is 2.44 bits per heavy atom. The topological polar surface area (TPSA) is 207 Å². The van der Waals surface area contributed by atoms with E-state index < -0.39 is 95.8 Å². The van der Waals surface area contributed by atoms with Gasteiger partial charge < -0.3 is 50.2 Å². The molecule has 4 rings (SSSR count). The Morgan fingerprint density at radius 2 is 1.83 bits per heavy atom. The highest BCUT2D eigenvalue weighted by Crippen LogP contribution is 2.38. The number of halogens is 3. The fourth-order valence-electron chi connectivity index (χ4n) is 7.02. The van der Waals surface area contributed by atoms with E-state index in [0.29, 0.717) is 32.2 Å². The van der Waals surface area contributed by atoms with Gasteiger partial charge in [0.15, 0.2) is 5.60 Å². The Morgan fingerprint density at radius 1 is 1.13 bits per heavy atom. The first-order chi connectivity index (χ1) is 24.1. The van der Waals surface area contributed by atoms with Gasteiger partial charge in [0.1, 0.15) is 17.8 Å². The number of carbonyl (C=O) groups excluding carboxylic acids is 3. The first-order valence-electron chi connectivity index (χ1n) is 17.1. The zero-order valence-corrected chi connectivity index (χ0v) is 29.9. The third kappa shape index (κ3) is 9.51. The zero-order chi connectivity index (χ0) is 38.8. The van der Waals surface area contributed by atoms with Crippen molar-refractivity contribution in [3.63, 3.8) is 0 Å². The highest BCUT2D eigenvalue weighted by atomic mass is 19.4. The minimum atomic E-state index is -4.72. The predicted molar refractivity (Wildman–Crippen MR) is 176 cm³/mol. The van der Waals surface area contributed by atoms with Crippen molar-refractivity contribution < 1.29 is 67.0 Å². The molecule has 1 aromatic carbocycles. The van der Waals surface area contributed by atoms with Crippen LogP contribution in [-0.2, 0) is 30.0 Å². The van der Waals surface area contributed by atoms with Crippen LogP contribution in [0.25, 0.3) is 0 Å². The molecule has 3 fully saturated rings. The summed E-state index contributed by atoms with van der Waals surface area (Å²) >= 11 is 0. The number of morpholine rings is 1. The van der Waals surface area contributed by atoms with E-state index in [9.17, 15) is 52.8 Å². The molecular formula is C34H49F3N4O11.